The largest absolute Gasteiger partial charge is 0.481 e. The number of aryl methyl sites for hydroxylation is 1. The Morgan fingerprint density at radius 2 is 2.00 bits per heavy atom. The number of halogens is 1. The van der Waals surface area contributed by atoms with Crippen molar-refractivity contribution in [3.63, 3.8) is 0 Å². The number of hydrogen-bond donors (Lipinski definition) is 3. The van der Waals surface area contributed by atoms with Crippen LogP contribution in [0.15, 0.2) is 48.7 Å². The van der Waals surface area contributed by atoms with Gasteiger partial charge in [-0.2, -0.15) is 0 Å². The molecule has 3 N–H and O–H groups in total. The van der Waals surface area contributed by atoms with Crippen molar-refractivity contribution in [2.75, 3.05) is 10.6 Å². The Kier molecular flexibility index (Phi) is 5.73. The van der Waals surface area contributed by atoms with Crippen LogP contribution >= 0.6 is 22.9 Å². The molecule has 0 radical (unpaired) electrons. The van der Waals surface area contributed by atoms with Crippen LogP contribution in [0, 0.1) is 6.92 Å². The average Bonchev–Trinajstić information content (AvgIpc) is 3.06. The summed E-state index contributed by atoms with van der Waals surface area (Å²) in [7, 11) is 0. The number of para-hydroxylation sites is 1. The van der Waals surface area contributed by atoms with Gasteiger partial charge in [-0.1, -0.05) is 47.2 Å². The number of carboxylic acid groups (broad SMARTS) is 1. The molecule has 0 aliphatic heterocycles. The number of hydrogen-bond acceptors (Lipinski definition) is 5. The average molecular weight is 402 g/mol. The first kappa shape index (κ1) is 18.9. The van der Waals surface area contributed by atoms with E-state index in [1.54, 1.807) is 30.3 Å². The Bertz CT molecular complexity index is 983. The van der Waals surface area contributed by atoms with Crippen molar-refractivity contribution >= 4 is 51.3 Å². The molecule has 0 aliphatic carbocycles. The van der Waals surface area contributed by atoms with Gasteiger partial charge in [-0.25, -0.2) is 4.98 Å². The van der Waals surface area contributed by atoms with Crippen LogP contribution in [0.3, 0.4) is 0 Å². The second kappa shape index (κ2) is 8.20. The lowest BCUT2D eigenvalue weighted by atomic mass is 10.1. The van der Waals surface area contributed by atoms with Gasteiger partial charge in [-0.05, 0) is 36.2 Å². The van der Waals surface area contributed by atoms with Gasteiger partial charge in [0.1, 0.15) is 4.88 Å². The van der Waals surface area contributed by atoms with Gasteiger partial charge < -0.3 is 15.7 Å². The van der Waals surface area contributed by atoms with Crippen molar-refractivity contribution in [3.8, 4) is 0 Å². The maximum Gasteiger partial charge on any atom is 0.307 e. The molecule has 0 unspecified atom stereocenters. The van der Waals surface area contributed by atoms with Crippen LogP contribution in [0.5, 0.6) is 0 Å². The van der Waals surface area contributed by atoms with Crippen LogP contribution in [-0.4, -0.2) is 22.0 Å². The summed E-state index contributed by atoms with van der Waals surface area (Å²) in [6.07, 6.45) is 1.42. The zero-order chi connectivity index (χ0) is 19.4. The van der Waals surface area contributed by atoms with E-state index in [0.717, 1.165) is 5.56 Å². The number of aliphatic carboxylic acids is 1. The van der Waals surface area contributed by atoms with E-state index in [1.165, 1.54) is 17.5 Å². The fourth-order valence-electron chi connectivity index (χ4n) is 2.46. The van der Waals surface area contributed by atoms with E-state index >= 15 is 0 Å². The molecule has 3 rings (SSSR count). The third-order valence-electron chi connectivity index (χ3n) is 3.72. The lowest BCUT2D eigenvalue weighted by molar-refractivity contribution is -0.136. The van der Waals surface area contributed by atoms with Crippen molar-refractivity contribution in [1.82, 2.24) is 4.98 Å². The van der Waals surface area contributed by atoms with Crippen molar-refractivity contribution in [3.05, 3.63) is 69.7 Å². The zero-order valence-corrected chi connectivity index (χ0v) is 15.9. The summed E-state index contributed by atoms with van der Waals surface area (Å²) in [5.41, 5.74) is 2.83. The van der Waals surface area contributed by atoms with Gasteiger partial charge in [0.15, 0.2) is 5.13 Å². The van der Waals surface area contributed by atoms with Crippen LogP contribution < -0.4 is 10.6 Å². The minimum absolute atomic E-state index is 0.0573. The molecule has 0 atom stereocenters. The van der Waals surface area contributed by atoms with Crippen LogP contribution in [0.1, 0.15) is 20.8 Å². The highest BCUT2D eigenvalue weighted by atomic mass is 35.5. The quantitative estimate of drug-likeness (QED) is 0.555. The van der Waals surface area contributed by atoms with Gasteiger partial charge in [-0.15, -0.1) is 0 Å². The van der Waals surface area contributed by atoms with Gasteiger partial charge in [0.2, 0.25) is 0 Å². The summed E-state index contributed by atoms with van der Waals surface area (Å²) in [5, 5.41) is 15.8. The summed E-state index contributed by atoms with van der Waals surface area (Å²) < 4.78 is 0. The molecule has 0 bridgehead atoms. The fraction of sp³-hybridized carbons (Fsp3) is 0.105. The Hall–Kier alpha value is -2.90. The monoisotopic (exact) mass is 401 g/mol. The Morgan fingerprint density at radius 1 is 1.22 bits per heavy atom. The standard InChI is InChI=1S/C19H16ClN3O3S/c1-11-4-2-7-14(20)17(11)23-18(26)15-10-21-19(27-15)22-13-6-3-5-12(8-13)9-16(24)25/h2-8,10H,9H2,1H3,(H,21,22)(H,23,26)(H,24,25). The van der Waals surface area contributed by atoms with Gasteiger partial charge in [0.05, 0.1) is 23.3 Å². The molecule has 0 saturated heterocycles. The van der Waals surface area contributed by atoms with Gasteiger partial charge in [0, 0.05) is 5.69 Å². The molecule has 0 saturated carbocycles. The number of anilines is 3. The number of amides is 1. The zero-order valence-electron chi connectivity index (χ0n) is 14.3. The summed E-state index contributed by atoms with van der Waals surface area (Å²) in [6.45, 7) is 1.87. The molecule has 1 amide bonds. The van der Waals surface area contributed by atoms with Crippen LogP contribution in [0.4, 0.5) is 16.5 Å². The van der Waals surface area contributed by atoms with Gasteiger partial charge >= 0.3 is 5.97 Å². The SMILES string of the molecule is Cc1cccc(Cl)c1NC(=O)c1cnc(Nc2cccc(CC(=O)O)c2)s1. The van der Waals surface area contributed by atoms with E-state index in [2.05, 4.69) is 15.6 Å². The lowest BCUT2D eigenvalue weighted by Gasteiger charge is -2.08. The maximum atomic E-state index is 12.5. The number of nitrogens with zero attached hydrogens (tertiary/aromatic N) is 1. The van der Waals surface area contributed by atoms with Crippen molar-refractivity contribution in [1.29, 1.82) is 0 Å². The smallest absolute Gasteiger partial charge is 0.307 e. The first-order chi connectivity index (χ1) is 12.9. The van der Waals surface area contributed by atoms with E-state index in [9.17, 15) is 9.59 Å². The molecule has 138 valence electrons. The molecule has 0 spiro atoms. The second-order valence-electron chi connectivity index (χ2n) is 5.81. The van der Waals surface area contributed by atoms with E-state index in [0.29, 0.717) is 32.0 Å². The molecule has 8 heteroatoms. The molecule has 6 nitrogen and oxygen atoms in total. The molecular formula is C19H16ClN3O3S. The first-order valence-electron chi connectivity index (χ1n) is 8.02. The van der Waals surface area contributed by atoms with E-state index < -0.39 is 5.97 Å². The highest BCUT2D eigenvalue weighted by molar-refractivity contribution is 7.17. The number of carboxylic acids is 1. The van der Waals surface area contributed by atoms with E-state index in [4.69, 9.17) is 16.7 Å². The number of benzene rings is 2. The van der Waals surface area contributed by atoms with E-state index in [1.807, 2.05) is 19.1 Å². The van der Waals surface area contributed by atoms with Crippen molar-refractivity contribution < 1.29 is 14.7 Å². The Balaban J connectivity index is 1.71. The maximum absolute atomic E-state index is 12.5. The van der Waals surface area contributed by atoms with Crippen LogP contribution in [-0.2, 0) is 11.2 Å². The Morgan fingerprint density at radius 3 is 2.74 bits per heavy atom. The normalized spacial score (nSPS) is 10.4. The van der Waals surface area contributed by atoms with Gasteiger partial charge in [0.25, 0.3) is 5.91 Å². The predicted molar refractivity (Wildman–Crippen MR) is 107 cm³/mol. The first-order valence-corrected chi connectivity index (χ1v) is 9.22. The lowest BCUT2D eigenvalue weighted by Crippen LogP contribution is -2.11. The molecule has 2 aromatic carbocycles. The van der Waals surface area contributed by atoms with Crippen molar-refractivity contribution in [2.24, 2.45) is 0 Å². The second-order valence-corrected chi connectivity index (χ2v) is 7.25. The van der Waals surface area contributed by atoms with E-state index in [-0.39, 0.29) is 12.3 Å². The summed E-state index contributed by atoms with van der Waals surface area (Å²) in [5.74, 6) is -1.19. The molecule has 0 fully saturated rings. The number of thiazole rings is 1. The number of carbonyl (C=O) groups is 2. The number of nitrogens with one attached hydrogen (secondary N) is 2. The molecule has 0 aliphatic rings. The minimum Gasteiger partial charge on any atom is -0.481 e. The topological polar surface area (TPSA) is 91.3 Å². The molecule has 1 aromatic heterocycles. The van der Waals surface area contributed by atoms with Gasteiger partial charge in [-0.3, -0.25) is 9.59 Å². The highest BCUT2D eigenvalue weighted by Crippen LogP contribution is 2.28. The number of rotatable bonds is 6. The number of carbonyl (C=O) groups excluding carboxylic acids is 1. The third-order valence-corrected chi connectivity index (χ3v) is 4.95. The fourth-order valence-corrected chi connectivity index (χ4v) is 3.46. The summed E-state index contributed by atoms with van der Waals surface area (Å²) in [6, 6.07) is 12.5. The van der Waals surface area contributed by atoms with Crippen molar-refractivity contribution in [2.45, 2.75) is 13.3 Å². The minimum atomic E-state index is -0.893. The molecule has 1 heterocycles. The third kappa shape index (κ3) is 4.84. The highest BCUT2D eigenvalue weighted by Gasteiger charge is 2.14. The molecular weight excluding hydrogens is 386 g/mol. The predicted octanol–water partition coefficient (Wildman–Crippen LogP) is 4.73. The molecule has 3 aromatic rings. The summed E-state index contributed by atoms with van der Waals surface area (Å²) in [4.78, 5) is 27.9. The summed E-state index contributed by atoms with van der Waals surface area (Å²) >= 11 is 7.34. The van der Waals surface area contributed by atoms with Crippen LogP contribution in [0.2, 0.25) is 5.02 Å². The number of aromatic nitrogens is 1. The molecule has 27 heavy (non-hydrogen) atoms. The Labute approximate surface area is 164 Å². The van der Waals surface area contributed by atoms with Crippen LogP contribution in [0.25, 0.3) is 0 Å².